The van der Waals surface area contributed by atoms with Crippen LogP contribution in [0.5, 0.6) is 23.0 Å². The topological polar surface area (TPSA) is 130 Å². The number of likely N-dealkylation sites (N-methyl/N-ethyl adjacent to an activating group) is 1. The molecule has 1 saturated heterocycles. The zero-order valence-electron chi connectivity index (χ0n) is 32.4. The summed E-state index contributed by atoms with van der Waals surface area (Å²) in [4.78, 5) is 25.0. The molecule has 296 valence electrons. The zero-order valence-corrected chi connectivity index (χ0v) is 32.4. The molecule has 6 rings (SSSR count). The van der Waals surface area contributed by atoms with Crippen LogP contribution in [0.3, 0.4) is 0 Å². The van der Waals surface area contributed by atoms with Crippen molar-refractivity contribution in [1.29, 1.82) is 0 Å². The maximum Gasteiger partial charge on any atom is 0.331 e. The number of aliphatic hydroxyl groups excluding tert-OH is 2. The minimum Gasteiger partial charge on any atom is -0.493 e. The Morgan fingerprint density at radius 1 is 0.782 bits per heavy atom. The Kier molecular flexibility index (Phi) is 13.4. The van der Waals surface area contributed by atoms with E-state index in [-0.39, 0.29) is 39.3 Å². The number of aliphatic hydroxyl groups is 2. The highest BCUT2D eigenvalue weighted by atomic mass is 16.7. The number of hydrogen-bond acceptors (Lipinski definition) is 10. The first-order chi connectivity index (χ1) is 26.7. The van der Waals surface area contributed by atoms with Gasteiger partial charge in [-0.3, -0.25) is 0 Å². The smallest absolute Gasteiger partial charge is 0.331 e. The molecule has 0 spiro atoms. The lowest BCUT2D eigenvalue weighted by Gasteiger charge is -2.46. The van der Waals surface area contributed by atoms with E-state index in [4.69, 9.17) is 28.4 Å². The van der Waals surface area contributed by atoms with Gasteiger partial charge in [-0.25, -0.2) is 9.59 Å². The van der Waals surface area contributed by atoms with Crippen LogP contribution in [0.1, 0.15) is 65.1 Å². The number of fused-ring (bicyclic) bond motifs is 2. The second-order valence-electron chi connectivity index (χ2n) is 15.2. The number of ether oxygens (including phenoxy) is 6. The Morgan fingerprint density at radius 3 is 2.13 bits per heavy atom. The van der Waals surface area contributed by atoms with Crippen LogP contribution < -0.4 is 18.9 Å². The molecular formula is C43H56N2O10+2. The van der Waals surface area contributed by atoms with Gasteiger partial charge in [0.1, 0.15) is 12.6 Å². The molecule has 3 heterocycles. The van der Waals surface area contributed by atoms with Gasteiger partial charge in [0.25, 0.3) is 0 Å². The number of benzene rings is 3. The molecule has 0 aromatic heterocycles. The van der Waals surface area contributed by atoms with Crippen LogP contribution in [0.15, 0.2) is 60.7 Å². The summed E-state index contributed by atoms with van der Waals surface area (Å²) >= 11 is 0. The van der Waals surface area contributed by atoms with Crippen molar-refractivity contribution in [2.24, 2.45) is 0 Å². The Hall–Kier alpha value is -4.62. The van der Waals surface area contributed by atoms with E-state index in [0.29, 0.717) is 28.8 Å². The van der Waals surface area contributed by atoms with Crippen LogP contribution in [-0.4, -0.2) is 105 Å². The third kappa shape index (κ3) is 9.80. The summed E-state index contributed by atoms with van der Waals surface area (Å²) in [7, 11) is 5.46. The summed E-state index contributed by atoms with van der Waals surface area (Å²) in [5, 5.41) is 20.1. The molecule has 12 nitrogen and oxygen atoms in total. The number of carbonyl (C=O) groups is 2. The average molecular weight is 761 g/mol. The molecule has 0 radical (unpaired) electrons. The largest absolute Gasteiger partial charge is 0.493 e. The summed E-state index contributed by atoms with van der Waals surface area (Å²) in [5.41, 5.74) is 6.08. The fourth-order valence-corrected chi connectivity index (χ4v) is 8.57. The second kappa shape index (κ2) is 18.3. The molecule has 0 saturated carbocycles. The number of quaternary nitrogens is 2. The van der Waals surface area contributed by atoms with Gasteiger partial charge < -0.3 is 47.6 Å². The van der Waals surface area contributed by atoms with E-state index in [9.17, 15) is 19.8 Å². The lowest BCUT2D eigenvalue weighted by Crippen LogP contribution is -2.52. The molecular weight excluding hydrogens is 704 g/mol. The lowest BCUT2D eigenvalue weighted by atomic mass is 9.84. The maximum atomic E-state index is 12.6. The first-order valence-electron chi connectivity index (χ1n) is 19.3. The monoisotopic (exact) mass is 760 g/mol. The number of carbonyl (C=O) groups excluding carboxylic acids is 2. The van der Waals surface area contributed by atoms with Crippen LogP contribution in [-0.2, 0) is 51.7 Å². The third-order valence-corrected chi connectivity index (χ3v) is 11.6. The van der Waals surface area contributed by atoms with Crippen molar-refractivity contribution in [1.82, 2.24) is 0 Å². The third-order valence-electron chi connectivity index (χ3n) is 11.6. The standard InChI is InChI=1S/C43H56N2O10/c1-44(19-14-33-25-34(28-46)35(29-47)26-36(33)37(44)22-31-8-10-38(50-2)40(23-31)51-3)15-6-20-52-42(48)12-13-43(49)53-21-7-18-45(16-4-5-17-45)27-32-9-11-39-41(24-32)55-30-54-39/h8-13,23-26,37,46-47H,4-7,14-22,27-30H2,1-3H3/q+2/t37-,44-/m1/s1. The van der Waals surface area contributed by atoms with E-state index in [1.54, 1.807) is 14.2 Å². The molecule has 0 unspecified atom stereocenters. The summed E-state index contributed by atoms with van der Waals surface area (Å²) in [6.45, 7) is 6.04. The molecule has 12 heteroatoms. The van der Waals surface area contributed by atoms with E-state index in [2.05, 4.69) is 19.2 Å². The maximum absolute atomic E-state index is 12.6. The highest BCUT2D eigenvalue weighted by Gasteiger charge is 2.39. The van der Waals surface area contributed by atoms with Crippen molar-refractivity contribution in [2.75, 3.05) is 74.0 Å². The van der Waals surface area contributed by atoms with Gasteiger partial charge in [0.15, 0.2) is 23.0 Å². The Labute approximate surface area is 323 Å². The van der Waals surface area contributed by atoms with Crippen LogP contribution in [0, 0.1) is 0 Å². The summed E-state index contributed by atoms with van der Waals surface area (Å²) in [6.07, 6.45) is 7.51. The molecule has 3 aromatic carbocycles. The quantitative estimate of drug-likeness (QED) is 0.0797. The number of hydrogen-bond donors (Lipinski definition) is 2. The Morgan fingerprint density at radius 2 is 1.44 bits per heavy atom. The van der Waals surface area contributed by atoms with Crippen molar-refractivity contribution in [2.45, 2.75) is 64.3 Å². The van der Waals surface area contributed by atoms with Crippen LogP contribution in [0.2, 0.25) is 0 Å². The highest BCUT2D eigenvalue weighted by molar-refractivity contribution is 5.91. The van der Waals surface area contributed by atoms with Crippen LogP contribution in [0.4, 0.5) is 0 Å². The number of nitrogens with zero attached hydrogens (tertiary/aromatic N) is 2. The van der Waals surface area contributed by atoms with E-state index in [1.807, 2.05) is 36.4 Å². The Balaban J connectivity index is 0.988. The molecule has 0 amide bonds. The van der Waals surface area contributed by atoms with E-state index in [1.165, 1.54) is 24.0 Å². The first kappa shape index (κ1) is 40.1. The SMILES string of the molecule is COc1ccc(C[C@@H]2c3cc(CO)c(CO)cc3CC[N@@+]2(C)CCCOC(=O)C=CC(=O)OCCC[N+]2(Cc3ccc4c(c3)OCO4)CCCC2)cc1OC. The molecule has 3 aliphatic rings. The van der Waals surface area contributed by atoms with Gasteiger partial charge in [-0.15, -0.1) is 0 Å². The molecule has 0 bridgehead atoms. The summed E-state index contributed by atoms with van der Waals surface area (Å²) < 4.78 is 34.7. The van der Waals surface area contributed by atoms with E-state index < -0.39 is 11.9 Å². The number of likely N-dealkylation sites (tertiary alicyclic amines) is 1. The summed E-state index contributed by atoms with van der Waals surface area (Å²) in [5.74, 6) is 1.76. The number of methoxy groups -OCH3 is 2. The fourth-order valence-electron chi connectivity index (χ4n) is 8.57. The van der Waals surface area contributed by atoms with Gasteiger partial charge in [-0.1, -0.05) is 12.1 Å². The normalized spacial score (nSPS) is 19.6. The van der Waals surface area contributed by atoms with Gasteiger partial charge in [-0.2, -0.15) is 0 Å². The molecule has 3 aliphatic heterocycles. The van der Waals surface area contributed by atoms with Crippen molar-refractivity contribution >= 4 is 11.9 Å². The number of esters is 2. The predicted octanol–water partition coefficient (Wildman–Crippen LogP) is 4.94. The molecule has 3 aromatic rings. The highest BCUT2D eigenvalue weighted by Crippen LogP contribution is 2.40. The molecule has 0 aliphatic carbocycles. The van der Waals surface area contributed by atoms with Gasteiger partial charge in [0.05, 0.1) is 80.4 Å². The predicted molar refractivity (Wildman–Crippen MR) is 205 cm³/mol. The average Bonchev–Trinajstić information content (AvgIpc) is 3.87. The van der Waals surface area contributed by atoms with Gasteiger partial charge in [0, 0.05) is 61.8 Å². The lowest BCUT2D eigenvalue weighted by molar-refractivity contribution is -0.941. The van der Waals surface area contributed by atoms with Crippen molar-refractivity contribution < 1.29 is 57.2 Å². The van der Waals surface area contributed by atoms with Crippen molar-refractivity contribution in [3.63, 3.8) is 0 Å². The van der Waals surface area contributed by atoms with Gasteiger partial charge in [-0.05, 0) is 58.7 Å². The molecule has 2 N–H and O–H groups in total. The minimum atomic E-state index is -0.583. The second-order valence-corrected chi connectivity index (χ2v) is 15.2. The summed E-state index contributed by atoms with van der Waals surface area (Å²) in [6, 6.07) is 16.2. The van der Waals surface area contributed by atoms with Crippen LogP contribution >= 0.6 is 0 Å². The fraction of sp³-hybridized carbons (Fsp3) is 0.488. The van der Waals surface area contributed by atoms with Gasteiger partial charge >= 0.3 is 11.9 Å². The van der Waals surface area contributed by atoms with Crippen molar-refractivity contribution in [3.05, 3.63) is 94.1 Å². The molecule has 1 fully saturated rings. The zero-order chi connectivity index (χ0) is 38.8. The molecule has 2 atom stereocenters. The van der Waals surface area contributed by atoms with E-state index >= 15 is 0 Å². The van der Waals surface area contributed by atoms with Gasteiger partial charge in [0.2, 0.25) is 6.79 Å². The number of rotatable bonds is 18. The van der Waals surface area contributed by atoms with Crippen LogP contribution in [0.25, 0.3) is 0 Å². The van der Waals surface area contributed by atoms with Crippen molar-refractivity contribution in [3.8, 4) is 23.0 Å². The molecule has 55 heavy (non-hydrogen) atoms. The first-order valence-corrected chi connectivity index (χ1v) is 19.3. The minimum absolute atomic E-state index is 0.0382. The Bertz CT molecular complexity index is 1840. The van der Waals surface area contributed by atoms with E-state index in [0.717, 1.165) is 102 Å².